The van der Waals surface area contributed by atoms with Crippen molar-refractivity contribution in [2.75, 3.05) is 7.05 Å². The molecular formula is C18H19NO2S. The molecule has 0 saturated carbocycles. The quantitative estimate of drug-likeness (QED) is 0.677. The minimum absolute atomic E-state index is 0.173. The highest BCUT2D eigenvalue weighted by Crippen LogP contribution is 2.33. The Hall–Kier alpha value is -1.88. The maximum Gasteiger partial charge on any atom is 0.137 e. The first-order valence-corrected chi connectivity index (χ1v) is 8.19. The van der Waals surface area contributed by atoms with Gasteiger partial charge in [0, 0.05) is 16.7 Å². The van der Waals surface area contributed by atoms with Gasteiger partial charge in [-0.15, -0.1) is 11.3 Å². The Morgan fingerprint density at radius 3 is 2.68 bits per heavy atom. The van der Waals surface area contributed by atoms with Gasteiger partial charge in [0.2, 0.25) is 0 Å². The number of fused-ring (bicyclic) bond motifs is 1. The SMILES string of the molecule is CNC(O)C[C@H](Oc1cccc2ccccc12)c1cccs1. The second kappa shape index (κ2) is 6.92. The lowest BCUT2D eigenvalue weighted by Gasteiger charge is -2.21. The van der Waals surface area contributed by atoms with Crippen LogP contribution in [0, 0.1) is 0 Å². The summed E-state index contributed by atoms with van der Waals surface area (Å²) >= 11 is 1.64. The lowest BCUT2D eigenvalue weighted by Crippen LogP contribution is -2.28. The minimum atomic E-state index is -0.595. The van der Waals surface area contributed by atoms with Crippen LogP contribution >= 0.6 is 11.3 Å². The predicted molar refractivity (Wildman–Crippen MR) is 91.3 cm³/mol. The molecule has 0 fully saturated rings. The summed E-state index contributed by atoms with van der Waals surface area (Å²) in [4.78, 5) is 1.11. The summed E-state index contributed by atoms with van der Waals surface area (Å²) in [5, 5.41) is 17.1. The van der Waals surface area contributed by atoms with E-state index in [4.69, 9.17) is 4.74 Å². The number of thiophene rings is 1. The molecule has 3 nitrogen and oxygen atoms in total. The van der Waals surface area contributed by atoms with Crippen molar-refractivity contribution in [2.45, 2.75) is 18.8 Å². The zero-order valence-corrected chi connectivity index (χ0v) is 13.2. The third kappa shape index (κ3) is 3.30. The zero-order chi connectivity index (χ0) is 15.4. The van der Waals surface area contributed by atoms with Crippen molar-refractivity contribution >= 4 is 22.1 Å². The Labute approximate surface area is 134 Å². The highest BCUT2D eigenvalue weighted by molar-refractivity contribution is 7.10. The van der Waals surface area contributed by atoms with E-state index in [2.05, 4.69) is 23.5 Å². The number of rotatable bonds is 6. The van der Waals surface area contributed by atoms with E-state index in [1.165, 1.54) is 0 Å². The van der Waals surface area contributed by atoms with Gasteiger partial charge in [-0.05, 0) is 29.9 Å². The highest BCUT2D eigenvalue weighted by atomic mass is 32.1. The van der Waals surface area contributed by atoms with E-state index in [-0.39, 0.29) is 6.10 Å². The molecule has 0 amide bonds. The lowest BCUT2D eigenvalue weighted by atomic mass is 10.1. The molecule has 0 radical (unpaired) electrons. The molecule has 1 heterocycles. The fourth-order valence-electron chi connectivity index (χ4n) is 2.47. The van der Waals surface area contributed by atoms with Crippen molar-refractivity contribution in [1.29, 1.82) is 0 Å². The van der Waals surface area contributed by atoms with Crippen LogP contribution in [0.3, 0.4) is 0 Å². The molecule has 114 valence electrons. The summed E-state index contributed by atoms with van der Waals surface area (Å²) in [6.45, 7) is 0. The van der Waals surface area contributed by atoms with Crippen LogP contribution in [0.5, 0.6) is 5.75 Å². The molecule has 0 bridgehead atoms. The van der Waals surface area contributed by atoms with Gasteiger partial charge in [-0.3, -0.25) is 5.32 Å². The molecule has 3 aromatic rings. The summed E-state index contributed by atoms with van der Waals surface area (Å²) in [6, 6.07) is 18.3. The third-order valence-corrected chi connectivity index (χ3v) is 4.61. The molecule has 4 heteroatoms. The van der Waals surface area contributed by atoms with Crippen molar-refractivity contribution in [1.82, 2.24) is 5.32 Å². The summed E-state index contributed by atoms with van der Waals surface area (Å²) < 4.78 is 6.26. The summed E-state index contributed by atoms with van der Waals surface area (Å²) in [5.74, 6) is 0.847. The number of benzene rings is 2. The molecule has 0 saturated heterocycles. The van der Waals surface area contributed by atoms with Crippen LogP contribution in [-0.2, 0) is 0 Å². The molecular weight excluding hydrogens is 294 g/mol. The lowest BCUT2D eigenvalue weighted by molar-refractivity contribution is 0.0792. The van der Waals surface area contributed by atoms with Crippen LogP contribution in [-0.4, -0.2) is 18.4 Å². The third-order valence-electron chi connectivity index (χ3n) is 3.65. The highest BCUT2D eigenvalue weighted by Gasteiger charge is 2.19. The predicted octanol–water partition coefficient (Wildman–Crippen LogP) is 3.95. The minimum Gasteiger partial charge on any atom is -0.484 e. The largest absolute Gasteiger partial charge is 0.484 e. The first kappa shape index (κ1) is 15.0. The van der Waals surface area contributed by atoms with Gasteiger partial charge in [0.15, 0.2) is 0 Å². The number of aliphatic hydroxyl groups excluding tert-OH is 1. The van der Waals surface area contributed by atoms with Crippen molar-refractivity contribution in [3.8, 4) is 5.75 Å². The van der Waals surface area contributed by atoms with Gasteiger partial charge in [-0.1, -0.05) is 42.5 Å². The van der Waals surface area contributed by atoms with Crippen LogP contribution in [0.4, 0.5) is 0 Å². The zero-order valence-electron chi connectivity index (χ0n) is 12.4. The van der Waals surface area contributed by atoms with E-state index in [1.807, 2.05) is 41.8 Å². The monoisotopic (exact) mass is 313 g/mol. The summed E-state index contributed by atoms with van der Waals surface area (Å²) in [5.41, 5.74) is 0. The number of nitrogens with one attached hydrogen (secondary N) is 1. The van der Waals surface area contributed by atoms with Gasteiger partial charge in [-0.2, -0.15) is 0 Å². The fourth-order valence-corrected chi connectivity index (χ4v) is 3.24. The Morgan fingerprint density at radius 1 is 1.09 bits per heavy atom. The van der Waals surface area contributed by atoms with Gasteiger partial charge in [0.05, 0.1) is 0 Å². The Morgan fingerprint density at radius 2 is 1.91 bits per heavy atom. The van der Waals surface area contributed by atoms with Crippen molar-refractivity contribution in [2.24, 2.45) is 0 Å². The average Bonchev–Trinajstić information content (AvgIpc) is 3.09. The normalized spacial score (nSPS) is 13.9. The second-order valence-corrected chi connectivity index (χ2v) is 6.12. The molecule has 3 rings (SSSR count). The second-order valence-electron chi connectivity index (χ2n) is 5.14. The molecule has 2 N–H and O–H groups in total. The van der Waals surface area contributed by atoms with Crippen LogP contribution in [0.15, 0.2) is 60.0 Å². The Bertz CT molecular complexity index is 722. The molecule has 0 aliphatic heterocycles. The van der Waals surface area contributed by atoms with E-state index in [0.29, 0.717) is 6.42 Å². The van der Waals surface area contributed by atoms with Crippen LogP contribution < -0.4 is 10.1 Å². The number of aliphatic hydroxyl groups is 1. The molecule has 2 atom stereocenters. The molecule has 2 aromatic carbocycles. The van der Waals surface area contributed by atoms with E-state index in [0.717, 1.165) is 21.4 Å². The smallest absolute Gasteiger partial charge is 0.137 e. The fraction of sp³-hybridized carbons (Fsp3) is 0.222. The molecule has 0 spiro atoms. The van der Waals surface area contributed by atoms with Crippen LogP contribution in [0.25, 0.3) is 10.8 Å². The molecule has 0 aliphatic rings. The van der Waals surface area contributed by atoms with Gasteiger partial charge < -0.3 is 9.84 Å². The van der Waals surface area contributed by atoms with Gasteiger partial charge in [-0.25, -0.2) is 0 Å². The van der Waals surface area contributed by atoms with Gasteiger partial charge in [0.1, 0.15) is 18.1 Å². The van der Waals surface area contributed by atoms with Crippen LogP contribution in [0.2, 0.25) is 0 Å². The van der Waals surface area contributed by atoms with Crippen molar-refractivity contribution < 1.29 is 9.84 Å². The molecule has 1 unspecified atom stereocenters. The average molecular weight is 313 g/mol. The van der Waals surface area contributed by atoms with E-state index in [9.17, 15) is 5.11 Å². The number of hydrogen-bond acceptors (Lipinski definition) is 4. The van der Waals surface area contributed by atoms with Crippen molar-refractivity contribution in [3.05, 3.63) is 64.9 Å². The first-order valence-electron chi connectivity index (χ1n) is 7.31. The van der Waals surface area contributed by atoms with E-state index >= 15 is 0 Å². The van der Waals surface area contributed by atoms with E-state index < -0.39 is 6.23 Å². The number of hydrogen-bond donors (Lipinski definition) is 2. The van der Waals surface area contributed by atoms with Crippen LogP contribution in [0.1, 0.15) is 17.4 Å². The Balaban J connectivity index is 1.92. The summed E-state index contributed by atoms with van der Waals surface area (Å²) in [7, 11) is 1.74. The maximum atomic E-state index is 9.93. The number of ether oxygens (including phenoxy) is 1. The topological polar surface area (TPSA) is 41.5 Å². The molecule has 1 aromatic heterocycles. The summed E-state index contributed by atoms with van der Waals surface area (Å²) in [6.07, 6.45) is -0.268. The molecule has 0 aliphatic carbocycles. The maximum absolute atomic E-state index is 9.93. The van der Waals surface area contributed by atoms with E-state index in [1.54, 1.807) is 18.4 Å². The van der Waals surface area contributed by atoms with Gasteiger partial charge in [0.25, 0.3) is 0 Å². The molecule has 22 heavy (non-hydrogen) atoms. The van der Waals surface area contributed by atoms with Crippen molar-refractivity contribution in [3.63, 3.8) is 0 Å². The Kier molecular flexibility index (Phi) is 4.73. The standard InChI is InChI=1S/C18H19NO2S/c1-19-18(20)12-16(17-10-5-11-22-17)21-15-9-4-7-13-6-2-3-8-14(13)15/h2-11,16,18-20H,12H2,1H3/t16-,18?/m0/s1. The first-order chi connectivity index (χ1) is 10.8. The van der Waals surface area contributed by atoms with Gasteiger partial charge >= 0.3 is 0 Å².